The summed E-state index contributed by atoms with van der Waals surface area (Å²) in [7, 11) is 0. The summed E-state index contributed by atoms with van der Waals surface area (Å²) in [5, 5.41) is 17.8. The number of carbonyl (C=O) groups excluding carboxylic acids is 1. The number of nitrogens with two attached hydrogens (primary N) is 1. The fourth-order valence-corrected chi connectivity index (χ4v) is 2.76. The maximum Gasteiger partial charge on any atom is 0.490 e. The van der Waals surface area contributed by atoms with E-state index in [0.29, 0.717) is 38.1 Å². The van der Waals surface area contributed by atoms with Crippen molar-refractivity contribution in [3.8, 4) is 0 Å². The van der Waals surface area contributed by atoms with Gasteiger partial charge in [0.05, 0.1) is 11.6 Å². The van der Waals surface area contributed by atoms with Crippen LogP contribution in [0.15, 0.2) is 30.3 Å². The first kappa shape index (κ1) is 23.3. The number of amides is 1. The minimum absolute atomic E-state index is 0.0678. The van der Waals surface area contributed by atoms with Crippen LogP contribution in [0.2, 0.25) is 0 Å². The zero-order valence-electron chi connectivity index (χ0n) is 14.5. The van der Waals surface area contributed by atoms with Crippen molar-refractivity contribution in [2.45, 2.75) is 37.1 Å². The summed E-state index contributed by atoms with van der Waals surface area (Å²) in [5.41, 5.74) is 6.12. The highest BCUT2D eigenvalue weighted by Crippen LogP contribution is 2.26. The lowest BCUT2D eigenvalue weighted by Crippen LogP contribution is -2.52. The number of halogens is 3. The Hall–Kier alpha value is -1.78. The third kappa shape index (κ3) is 7.77. The van der Waals surface area contributed by atoms with Gasteiger partial charge in [-0.1, -0.05) is 30.3 Å². The molecule has 27 heavy (non-hydrogen) atoms. The van der Waals surface area contributed by atoms with Crippen molar-refractivity contribution in [3.63, 3.8) is 0 Å². The van der Waals surface area contributed by atoms with Crippen LogP contribution in [0.3, 0.4) is 0 Å². The number of aliphatic hydroxyl groups is 1. The number of benzene rings is 1. The molecule has 0 aliphatic carbocycles. The number of carbonyl (C=O) groups is 2. The molecule has 1 saturated heterocycles. The molecule has 10 heteroatoms. The molecular weight excluding hydrogens is 385 g/mol. The summed E-state index contributed by atoms with van der Waals surface area (Å²) in [6.07, 6.45) is -3.27. The summed E-state index contributed by atoms with van der Waals surface area (Å²) >= 11 is 4.05. The SMILES string of the molecule is N[C@@H](CS)C(=O)N1CCC(O)(Cc2ccccc2)CC1.O=C(O)C(F)(F)F. The van der Waals surface area contributed by atoms with Gasteiger partial charge in [-0.2, -0.15) is 25.8 Å². The van der Waals surface area contributed by atoms with Crippen molar-refractivity contribution in [2.24, 2.45) is 5.73 Å². The largest absolute Gasteiger partial charge is 0.490 e. The molecule has 1 amide bonds. The topological polar surface area (TPSA) is 104 Å². The number of nitrogens with zero attached hydrogens (tertiary/aromatic N) is 1. The number of carboxylic acids is 1. The summed E-state index contributed by atoms with van der Waals surface area (Å²) in [6, 6.07) is 9.41. The highest BCUT2D eigenvalue weighted by Gasteiger charge is 2.38. The highest BCUT2D eigenvalue weighted by molar-refractivity contribution is 7.80. The molecule has 1 aliphatic heterocycles. The molecule has 1 fully saturated rings. The van der Waals surface area contributed by atoms with Gasteiger partial charge in [-0.3, -0.25) is 4.79 Å². The Morgan fingerprint density at radius 2 is 1.70 bits per heavy atom. The Kier molecular flexibility index (Phi) is 8.58. The lowest BCUT2D eigenvalue weighted by atomic mass is 9.85. The average molecular weight is 408 g/mol. The van der Waals surface area contributed by atoms with Gasteiger partial charge in [0.2, 0.25) is 5.91 Å². The quantitative estimate of drug-likeness (QED) is 0.565. The second kappa shape index (κ2) is 9.95. The van der Waals surface area contributed by atoms with E-state index in [0.717, 1.165) is 5.56 Å². The first-order valence-corrected chi connectivity index (χ1v) is 8.83. The van der Waals surface area contributed by atoms with Crippen molar-refractivity contribution < 1.29 is 33.0 Å². The van der Waals surface area contributed by atoms with Gasteiger partial charge < -0.3 is 20.8 Å². The zero-order valence-corrected chi connectivity index (χ0v) is 15.4. The normalized spacial score (nSPS) is 17.5. The molecule has 1 aromatic carbocycles. The predicted molar refractivity (Wildman–Crippen MR) is 96.4 cm³/mol. The van der Waals surface area contributed by atoms with Crippen LogP contribution in [0.4, 0.5) is 13.2 Å². The Bertz CT molecular complexity index is 620. The van der Waals surface area contributed by atoms with Gasteiger partial charge in [-0.05, 0) is 18.4 Å². The van der Waals surface area contributed by atoms with Crippen LogP contribution < -0.4 is 5.73 Å². The number of piperidine rings is 1. The van der Waals surface area contributed by atoms with E-state index in [1.165, 1.54) is 0 Å². The molecule has 0 bridgehead atoms. The number of likely N-dealkylation sites (tertiary alicyclic amines) is 1. The summed E-state index contributed by atoms with van der Waals surface area (Å²) in [6.45, 7) is 1.12. The smallest absolute Gasteiger partial charge is 0.475 e. The molecule has 0 radical (unpaired) electrons. The van der Waals surface area contributed by atoms with Crippen molar-refractivity contribution in [1.82, 2.24) is 4.90 Å². The first-order chi connectivity index (χ1) is 12.5. The Labute approximate surface area is 160 Å². The molecule has 0 saturated carbocycles. The van der Waals surface area contributed by atoms with E-state index in [4.69, 9.17) is 15.6 Å². The molecule has 1 atom stereocenters. The van der Waals surface area contributed by atoms with E-state index < -0.39 is 23.8 Å². The van der Waals surface area contributed by atoms with Crippen molar-refractivity contribution in [2.75, 3.05) is 18.8 Å². The van der Waals surface area contributed by atoms with Gasteiger partial charge >= 0.3 is 12.1 Å². The van der Waals surface area contributed by atoms with Crippen LogP contribution in [-0.2, 0) is 16.0 Å². The van der Waals surface area contributed by atoms with Crippen LogP contribution in [0.25, 0.3) is 0 Å². The third-order valence-electron chi connectivity index (χ3n) is 4.14. The number of rotatable bonds is 4. The predicted octanol–water partition coefficient (Wildman–Crippen LogP) is 1.47. The minimum Gasteiger partial charge on any atom is -0.475 e. The molecular formula is C17H23F3N2O4S. The van der Waals surface area contributed by atoms with Gasteiger partial charge in [0.15, 0.2) is 0 Å². The van der Waals surface area contributed by atoms with E-state index in [9.17, 15) is 23.1 Å². The van der Waals surface area contributed by atoms with Crippen LogP contribution in [0.5, 0.6) is 0 Å². The van der Waals surface area contributed by atoms with E-state index in [2.05, 4.69) is 12.6 Å². The average Bonchev–Trinajstić information content (AvgIpc) is 2.61. The Morgan fingerprint density at radius 3 is 2.11 bits per heavy atom. The van der Waals surface area contributed by atoms with Crippen molar-refractivity contribution in [3.05, 3.63) is 35.9 Å². The Balaban J connectivity index is 0.000000445. The fraction of sp³-hybridized carbons (Fsp3) is 0.529. The van der Waals surface area contributed by atoms with E-state index in [1.807, 2.05) is 30.3 Å². The number of aliphatic carboxylic acids is 1. The first-order valence-electron chi connectivity index (χ1n) is 8.20. The molecule has 6 nitrogen and oxygen atoms in total. The maximum atomic E-state index is 12.0. The zero-order chi connectivity index (χ0) is 20.7. The van der Waals surface area contributed by atoms with E-state index in [-0.39, 0.29) is 5.91 Å². The second-order valence-corrected chi connectivity index (χ2v) is 6.67. The van der Waals surface area contributed by atoms with E-state index >= 15 is 0 Å². The van der Waals surface area contributed by atoms with Crippen LogP contribution in [0.1, 0.15) is 18.4 Å². The third-order valence-corrected chi connectivity index (χ3v) is 4.53. The van der Waals surface area contributed by atoms with Crippen molar-refractivity contribution in [1.29, 1.82) is 0 Å². The summed E-state index contributed by atoms with van der Waals surface area (Å²) in [4.78, 5) is 22.6. The summed E-state index contributed by atoms with van der Waals surface area (Å²) < 4.78 is 31.7. The molecule has 1 aliphatic rings. The number of hydrogen-bond acceptors (Lipinski definition) is 5. The number of alkyl halides is 3. The second-order valence-electron chi connectivity index (χ2n) is 6.30. The molecule has 0 unspecified atom stereocenters. The van der Waals surface area contributed by atoms with Crippen LogP contribution in [0, 0.1) is 0 Å². The lowest BCUT2D eigenvalue weighted by Gasteiger charge is -2.39. The maximum absolute atomic E-state index is 12.0. The highest BCUT2D eigenvalue weighted by atomic mass is 32.1. The summed E-state index contributed by atoms with van der Waals surface area (Å²) in [5.74, 6) is -2.47. The molecule has 1 aromatic rings. The molecule has 4 N–H and O–H groups in total. The van der Waals surface area contributed by atoms with Gasteiger partial charge in [0.1, 0.15) is 0 Å². The molecule has 152 valence electrons. The Morgan fingerprint density at radius 1 is 1.22 bits per heavy atom. The molecule has 0 spiro atoms. The molecule has 1 heterocycles. The van der Waals surface area contributed by atoms with Crippen molar-refractivity contribution >= 4 is 24.5 Å². The van der Waals surface area contributed by atoms with Crippen LogP contribution >= 0.6 is 12.6 Å². The van der Waals surface area contributed by atoms with Crippen LogP contribution in [-0.4, -0.2) is 63.7 Å². The van der Waals surface area contributed by atoms with E-state index in [1.54, 1.807) is 4.90 Å². The van der Waals surface area contributed by atoms with Gasteiger partial charge in [-0.15, -0.1) is 0 Å². The lowest BCUT2D eigenvalue weighted by molar-refractivity contribution is -0.192. The van der Waals surface area contributed by atoms with Gasteiger partial charge in [-0.25, -0.2) is 4.79 Å². The fourth-order valence-electron chi connectivity index (χ4n) is 2.61. The number of hydrogen-bond donors (Lipinski definition) is 4. The molecule has 0 aromatic heterocycles. The monoisotopic (exact) mass is 408 g/mol. The number of thiol groups is 1. The number of carboxylic acid groups (broad SMARTS) is 1. The molecule has 2 rings (SSSR count). The standard InChI is InChI=1S/C15H22N2O2S.C2HF3O2/c16-13(11-20)14(18)17-8-6-15(19,7-9-17)10-12-4-2-1-3-5-12;3-2(4,5)1(6)7/h1-5,13,19-20H,6-11,16H2;(H,6,7)/t13-;/m0./s1. The minimum atomic E-state index is -5.08. The van der Waals surface area contributed by atoms with Gasteiger partial charge in [0.25, 0.3) is 0 Å². The van der Waals surface area contributed by atoms with Gasteiger partial charge in [0, 0.05) is 25.3 Å².